The lowest BCUT2D eigenvalue weighted by Crippen LogP contribution is -2.29. The van der Waals surface area contributed by atoms with E-state index in [1.54, 1.807) is 12.1 Å². The van der Waals surface area contributed by atoms with Gasteiger partial charge in [0.1, 0.15) is 22.6 Å². The first-order chi connectivity index (χ1) is 10.9. The van der Waals surface area contributed by atoms with E-state index < -0.39 is 15.8 Å². The van der Waals surface area contributed by atoms with Gasteiger partial charge in [-0.15, -0.1) is 0 Å². The highest BCUT2D eigenvalue weighted by Crippen LogP contribution is 2.21. The zero-order chi connectivity index (χ0) is 16.9. The van der Waals surface area contributed by atoms with E-state index in [1.165, 1.54) is 6.20 Å². The molecule has 0 amide bonds. The number of hydrogen-bond donors (Lipinski definition) is 2. The fourth-order valence-corrected chi connectivity index (χ4v) is 3.33. The van der Waals surface area contributed by atoms with Gasteiger partial charge in [0.15, 0.2) is 0 Å². The van der Waals surface area contributed by atoms with Crippen LogP contribution < -0.4 is 10.0 Å². The molecule has 1 heterocycles. The maximum Gasteiger partial charge on any atom is 0.242 e. The van der Waals surface area contributed by atoms with E-state index in [-0.39, 0.29) is 23.0 Å². The molecule has 2 rings (SSSR count). The van der Waals surface area contributed by atoms with Crippen LogP contribution in [0.1, 0.15) is 5.56 Å². The van der Waals surface area contributed by atoms with Gasteiger partial charge >= 0.3 is 0 Å². The molecule has 0 radical (unpaired) electrons. The highest BCUT2D eigenvalue weighted by Gasteiger charge is 2.17. The molecule has 2 N–H and O–H groups in total. The minimum Gasteiger partial charge on any atom is -0.368 e. The maximum absolute atomic E-state index is 13.0. The molecule has 9 heteroatoms. The summed E-state index contributed by atoms with van der Waals surface area (Å²) in [5.41, 5.74) is 0.358. The Kier molecular flexibility index (Phi) is 5.50. The van der Waals surface area contributed by atoms with Crippen LogP contribution in [0.4, 0.5) is 10.2 Å². The molecule has 23 heavy (non-hydrogen) atoms. The van der Waals surface area contributed by atoms with Gasteiger partial charge in [-0.1, -0.05) is 11.6 Å². The molecule has 0 aliphatic carbocycles. The van der Waals surface area contributed by atoms with Crippen molar-refractivity contribution < 1.29 is 12.8 Å². The Hall–Kier alpha value is -2.21. The van der Waals surface area contributed by atoms with Crippen molar-refractivity contribution in [3.05, 3.63) is 52.9 Å². The Balaban J connectivity index is 1.97. The molecule has 0 fully saturated rings. The first-order valence-electron chi connectivity index (χ1n) is 6.48. The van der Waals surface area contributed by atoms with Crippen LogP contribution in [-0.4, -0.2) is 26.5 Å². The number of nitrogens with zero attached hydrogens (tertiary/aromatic N) is 2. The third-order valence-corrected chi connectivity index (χ3v) is 4.77. The van der Waals surface area contributed by atoms with Crippen molar-refractivity contribution in [1.82, 2.24) is 9.71 Å². The lowest BCUT2D eigenvalue weighted by Gasteiger charge is -2.10. The number of anilines is 1. The Morgan fingerprint density at radius 3 is 2.78 bits per heavy atom. The molecule has 120 valence electrons. The van der Waals surface area contributed by atoms with Crippen LogP contribution in [0.5, 0.6) is 0 Å². The van der Waals surface area contributed by atoms with Crippen molar-refractivity contribution in [2.75, 3.05) is 18.4 Å². The molecule has 0 saturated carbocycles. The first-order valence-corrected chi connectivity index (χ1v) is 8.34. The van der Waals surface area contributed by atoms with Gasteiger partial charge in [0.25, 0.3) is 0 Å². The smallest absolute Gasteiger partial charge is 0.242 e. The molecule has 0 spiro atoms. The molecule has 1 aromatic heterocycles. The number of benzene rings is 1. The third-order valence-electron chi connectivity index (χ3n) is 2.82. The van der Waals surface area contributed by atoms with Crippen LogP contribution in [-0.2, 0) is 10.0 Å². The van der Waals surface area contributed by atoms with E-state index in [4.69, 9.17) is 16.9 Å². The normalized spacial score (nSPS) is 11.0. The number of halogens is 2. The average Bonchev–Trinajstić information content (AvgIpc) is 2.51. The predicted molar refractivity (Wildman–Crippen MR) is 84.0 cm³/mol. The van der Waals surface area contributed by atoms with Crippen LogP contribution >= 0.6 is 11.6 Å². The highest BCUT2D eigenvalue weighted by molar-refractivity contribution is 7.89. The van der Waals surface area contributed by atoms with Crippen LogP contribution in [0, 0.1) is 17.1 Å². The van der Waals surface area contributed by atoms with E-state index in [9.17, 15) is 12.8 Å². The zero-order valence-corrected chi connectivity index (χ0v) is 13.3. The lowest BCUT2D eigenvalue weighted by atomic mass is 10.3. The van der Waals surface area contributed by atoms with Crippen molar-refractivity contribution in [3.8, 4) is 6.07 Å². The minimum atomic E-state index is -3.85. The summed E-state index contributed by atoms with van der Waals surface area (Å²) in [6, 6.07) is 8.25. The molecule has 0 unspecified atom stereocenters. The van der Waals surface area contributed by atoms with Gasteiger partial charge in [-0.3, -0.25) is 0 Å². The summed E-state index contributed by atoms with van der Waals surface area (Å²) in [6.45, 7) is 0.251. The summed E-state index contributed by atoms with van der Waals surface area (Å²) in [7, 11) is -3.85. The van der Waals surface area contributed by atoms with Crippen molar-refractivity contribution in [3.63, 3.8) is 0 Å². The Morgan fingerprint density at radius 1 is 1.30 bits per heavy atom. The number of nitriles is 1. The van der Waals surface area contributed by atoms with E-state index >= 15 is 0 Å². The number of sulfonamides is 1. The van der Waals surface area contributed by atoms with E-state index in [2.05, 4.69) is 15.0 Å². The first kappa shape index (κ1) is 17.1. The van der Waals surface area contributed by atoms with Gasteiger partial charge in [-0.05, 0) is 30.3 Å². The molecule has 0 saturated heterocycles. The van der Waals surface area contributed by atoms with Gasteiger partial charge in [0.05, 0.1) is 10.6 Å². The predicted octanol–water partition coefficient (Wildman–Crippen LogP) is 2.14. The second-order valence-electron chi connectivity index (χ2n) is 4.41. The molecule has 6 nitrogen and oxygen atoms in total. The van der Waals surface area contributed by atoms with Crippen LogP contribution in [0.3, 0.4) is 0 Å². The monoisotopic (exact) mass is 354 g/mol. The third kappa shape index (κ3) is 4.39. The number of hydrogen-bond acceptors (Lipinski definition) is 5. The largest absolute Gasteiger partial charge is 0.368 e. The van der Waals surface area contributed by atoms with Gasteiger partial charge in [0.2, 0.25) is 10.0 Å². The fraction of sp³-hybridized carbons (Fsp3) is 0.143. The summed E-state index contributed by atoms with van der Waals surface area (Å²) in [6.07, 6.45) is 1.52. The van der Waals surface area contributed by atoms with Crippen LogP contribution in [0.15, 0.2) is 41.4 Å². The molecule has 0 aliphatic rings. The number of rotatable bonds is 6. The number of pyridine rings is 1. The van der Waals surface area contributed by atoms with Gasteiger partial charge < -0.3 is 5.32 Å². The van der Waals surface area contributed by atoms with Crippen molar-refractivity contribution in [2.24, 2.45) is 0 Å². The summed E-state index contributed by atoms with van der Waals surface area (Å²) in [5, 5.41) is 11.6. The Bertz CT molecular complexity index is 852. The minimum absolute atomic E-state index is 0.0392. The molecule has 0 atom stereocenters. The molecular formula is C14H12ClFN4O2S. The van der Waals surface area contributed by atoms with E-state index in [0.717, 1.165) is 18.2 Å². The average molecular weight is 355 g/mol. The second kappa shape index (κ2) is 7.37. The molecule has 0 aliphatic heterocycles. The molecule has 0 bridgehead atoms. The maximum atomic E-state index is 13.0. The number of aromatic nitrogens is 1. The van der Waals surface area contributed by atoms with E-state index in [1.807, 2.05) is 6.07 Å². The Labute approximate surface area is 138 Å². The molecule has 1 aromatic carbocycles. The van der Waals surface area contributed by atoms with Gasteiger partial charge in [-0.25, -0.2) is 22.5 Å². The summed E-state index contributed by atoms with van der Waals surface area (Å²) in [4.78, 5) is 3.79. The second-order valence-corrected chi connectivity index (χ2v) is 6.55. The van der Waals surface area contributed by atoms with Crippen molar-refractivity contribution in [2.45, 2.75) is 4.90 Å². The summed E-state index contributed by atoms with van der Waals surface area (Å²) >= 11 is 5.74. The topological polar surface area (TPSA) is 94.9 Å². The SMILES string of the molecule is N#Cc1cccnc1NCCNS(=O)(=O)c1ccc(F)cc1Cl. The van der Waals surface area contributed by atoms with Gasteiger partial charge in [0, 0.05) is 19.3 Å². The summed E-state index contributed by atoms with van der Waals surface area (Å²) in [5.74, 6) is -0.246. The highest BCUT2D eigenvalue weighted by atomic mass is 35.5. The van der Waals surface area contributed by atoms with E-state index in [0.29, 0.717) is 11.4 Å². The zero-order valence-electron chi connectivity index (χ0n) is 11.8. The van der Waals surface area contributed by atoms with Crippen LogP contribution in [0.2, 0.25) is 5.02 Å². The molecule has 2 aromatic rings. The van der Waals surface area contributed by atoms with Crippen molar-refractivity contribution >= 4 is 27.4 Å². The standard InChI is InChI=1S/C14H12ClFN4O2S/c15-12-8-11(16)3-4-13(12)23(21,22)20-7-6-19-14-10(9-17)2-1-5-18-14/h1-5,8,20H,6-7H2,(H,18,19). The number of nitrogens with one attached hydrogen (secondary N) is 2. The van der Waals surface area contributed by atoms with Crippen LogP contribution in [0.25, 0.3) is 0 Å². The Morgan fingerprint density at radius 2 is 2.09 bits per heavy atom. The summed E-state index contributed by atoms with van der Waals surface area (Å²) < 4.78 is 39.5. The lowest BCUT2D eigenvalue weighted by molar-refractivity contribution is 0.582. The van der Waals surface area contributed by atoms with Gasteiger partial charge in [-0.2, -0.15) is 5.26 Å². The van der Waals surface area contributed by atoms with Crippen molar-refractivity contribution in [1.29, 1.82) is 5.26 Å². The fourth-order valence-electron chi connectivity index (χ4n) is 1.77. The molecular weight excluding hydrogens is 343 g/mol. The quantitative estimate of drug-likeness (QED) is 0.775.